The third-order valence-corrected chi connectivity index (χ3v) is 1.59. The molecular weight excluding hydrogens is 158 g/mol. The van der Waals surface area contributed by atoms with Crippen LogP contribution in [0.1, 0.15) is 12.8 Å². The lowest BCUT2D eigenvalue weighted by Crippen LogP contribution is -2.39. The minimum atomic E-state index is -0.519. The Balaban J connectivity index is 1.98. The molecule has 0 atom stereocenters. The Bertz CT molecular complexity index is 189. The van der Waals surface area contributed by atoms with E-state index in [2.05, 4.69) is 10.6 Å². The Morgan fingerprint density at radius 1 is 1.33 bits per heavy atom. The molecule has 2 amide bonds. The van der Waals surface area contributed by atoms with Crippen molar-refractivity contribution >= 4 is 11.8 Å². The summed E-state index contributed by atoms with van der Waals surface area (Å²) in [6.45, 7) is 0.198. The number of primary amides is 1. The smallest absolute Gasteiger partial charge is 0.236 e. The molecule has 0 unspecified atom stereocenters. The molecule has 5 nitrogen and oxygen atoms in total. The molecule has 0 radical (unpaired) electrons. The highest BCUT2D eigenvalue weighted by molar-refractivity contribution is 5.84. The number of amides is 2. The largest absolute Gasteiger partial charge is 0.368 e. The van der Waals surface area contributed by atoms with E-state index in [-0.39, 0.29) is 19.0 Å². The zero-order valence-corrected chi connectivity index (χ0v) is 6.80. The Kier molecular flexibility index (Phi) is 3.04. The Hall–Kier alpha value is -1.10. The van der Waals surface area contributed by atoms with Gasteiger partial charge in [-0.1, -0.05) is 0 Å². The van der Waals surface area contributed by atoms with Crippen LogP contribution < -0.4 is 16.4 Å². The predicted octanol–water partition coefficient (Wildman–Crippen LogP) is -1.66. The molecule has 68 valence electrons. The minimum absolute atomic E-state index is 0.0782. The molecule has 1 rings (SSSR count). The van der Waals surface area contributed by atoms with Gasteiger partial charge in [-0.3, -0.25) is 9.59 Å². The molecule has 0 saturated heterocycles. The SMILES string of the molecule is NC(=O)CNC(=O)CNC1CC1. The molecule has 1 fully saturated rings. The fourth-order valence-corrected chi connectivity index (χ4v) is 0.773. The van der Waals surface area contributed by atoms with Gasteiger partial charge in [0.2, 0.25) is 11.8 Å². The van der Waals surface area contributed by atoms with Gasteiger partial charge in [0.1, 0.15) is 0 Å². The average molecular weight is 171 g/mol. The maximum Gasteiger partial charge on any atom is 0.236 e. The molecule has 0 heterocycles. The van der Waals surface area contributed by atoms with Crippen LogP contribution in [-0.2, 0) is 9.59 Å². The molecule has 0 bridgehead atoms. The molecule has 4 N–H and O–H groups in total. The number of nitrogens with two attached hydrogens (primary N) is 1. The summed E-state index contributed by atoms with van der Waals surface area (Å²) < 4.78 is 0. The van der Waals surface area contributed by atoms with Crippen LogP contribution in [0.5, 0.6) is 0 Å². The number of carbonyl (C=O) groups is 2. The predicted molar refractivity (Wildman–Crippen MR) is 43.2 cm³/mol. The lowest BCUT2D eigenvalue weighted by atomic mass is 10.5. The van der Waals surface area contributed by atoms with Crippen LogP contribution in [-0.4, -0.2) is 30.9 Å². The van der Waals surface area contributed by atoms with Crippen LogP contribution in [0.4, 0.5) is 0 Å². The summed E-state index contributed by atoms with van der Waals surface area (Å²) in [7, 11) is 0. The van der Waals surface area contributed by atoms with Gasteiger partial charge >= 0.3 is 0 Å². The number of nitrogens with one attached hydrogen (secondary N) is 2. The van der Waals surface area contributed by atoms with Crippen molar-refractivity contribution in [3.63, 3.8) is 0 Å². The van der Waals surface area contributed by atoms with Gasteiger partial charge in [0.05, 0.1) is 13.1 Å². The van der Waals surface area contributed by atoms with Crippen molar-refractivity contribution in [1.82, 2.24) is 10.6 Å². The number of carbonyl (C=O) groups excluding carboxylic acids is 2. The van der Waals surface area contributed by atoms with Crippen molar-refractivity contribution in [2.75, 3.05) is 13.1 Å². The Morgan fingerprint density at radius 2 is 2.00 bits per heavy atom. The minimum Gasteiger partial charge on any atom is -0.368 e. The monoisotopic (exact) mass is 171 g/mol. The van der Waals surface area contributed by atoms with E-state index in [1.165, 1.54) is 0 Å². The average Bonchev–Trinajstić information content (AvgIpc) is 2.80. The first-order valence-electron chi connectivity index (χ1n) is 3.97. The summed E-state index contributed by atoms with van der Waals surface area (Å²) in [5.41, 5.74) is 4.83. The van der Waals surface area contributed by atoms with Crippen LogP contribution in [0.2, 0.25) is 0 Å². The van der Waals surface area contributed by atoms with Gasteiger partial charge in [0.15, 0.2) is 0 Å². The van der Waals surface area contributed by atoms with Crippen LogP contribution >= 0.6 is 0 Å². The summed E-state index contributed by atoms with van der Waals surface area (Å²) in [5, 5.41) is 5.41. The highest BCUT2D eigenvalue weighted by Gasteiger charge is 2.20. The Labute approximate surface area is 70.7 Å². The van der Waals surface area contributed by atoms with E-state index in [0.717, 1.165) is 12.8 Å². The maximum atomic E-state index is 10.9. The lowest BCUT2D eigenvalue weighted by Gasteiger charge is -2.02. The molecule has 0 aromatic carbocycles. The summed E-state index contributed by atoms with van der Waals surface area (Å²) >= 11 is 0. The van der Waals surface area contributed by atoms with Crippen molar-refractivity contribution in [3.05, 3.63) is 0 Å². The van der Waals surface area contributed by atoms with Gasteiger partial charge in [-0.2, -0.15) is 0 Å². The van der Waals surface area contributed by atoms with Crippen molar-refractivity contribution in [3.8, 4) is 0 Å². The first kappa shape index (κ1) is 8.99. The lowest BCUT2D eigenvalue weighted by molar-refractivity contribution is -0.124. The van der Waals surface area contributed by atoms with E-state index in [9.17, 15) is 9.59 Å². The van der Waals surface area contributed by atoms with E-state index in [1.807, 2.05) is 0 Å². The van der Waals surface area contributed by atoms with Crippen LogP contribution in [0.15, 0.2) is 0 Å². The van der Waals surface area contributed by atoms with Gasteiger partial charge in [-0.25, -0.2) is 0 Å². The normalized spacial score (nSPS) is 15.7. The fourth-order valence-electron chi connectivity index (χ4n) is 0.773. The summed E-state index contributed by atoms with van der Waals surface area (Å²) in [6.07, 6.45) is 2.28. The summed E-state index contributed by atoms with van der Waals surface area (Å²) in [4.78, 5) is 21.1. The summed E-state index contributed by atoms with van der Waals surface area (Å²) in [6, 6.07) is 0.504. The highest BCUT2D eigenvalue weighted by atomic mass is 16.2. The number of rotatable bonds is 5. The molecule has 0 aromatic heterocycles. The zero-order valence-electron chi connectivity index (χ0n) is 6.80. The topological polar surface area (TPSA) is 84.2 Å². The second-order valence-electron chi connectivity index (χ2n) is 2.90. The van der Waals surface area contributed by atoms with Crippen molar-refractivity contribution in [2.45, 2.75) is 18.9 Å². The summed E-state index contributed by atoms with van der Waals surface area (Å²) in [5.74, 6) is -0.699. The van der Waals surface area contributed by atoms with Gasteiger partial charge in [0, 0.05) is 6.04 Å². The number of hydrogen-bond donors (Lipinski definition) is 3. The fraction of sp³-hybridized carbons (Fsp3) is 0.714. The van der Waals surface area contributed by atoms with E-state index in [4.69, 9.17) is 5.73 Å². The quantitative estimate of drug-likeness (QED) is 0.463. The maximum absolute atomic E-state index is 10.9. The molecule has 12 heavy (non-hydrogen) atoms. The standard InChI is InChI=1S/C7H13N3O2/c8-6(11)3-10-7(12)4-9-5-1-2-5/h5,9H,1-4H2,(H2,8,11)(H,10,12). The molecule has 1 saturated carbocycles. The van der Waals surface area contributed by atoms with E-state index in [1.54, 1.807) is 0 Å². The third kappa shape index (κ3) is 3.92. The van der Waals surface area contributed by atoms with Crippen LogP contribution in [0, 0.1) is 0 Å². The first-order valence-corrected chi connectivity index (χ1v) is 3.97. The van der Waals surface area contributed by atoms with Crippen LogP contribution in [0.3, 0.4) is 0 Å². The first-order chi connectivity index (χ1) is 5.68. The molecule has 0 spiro atoms. The highest BCUT2D eigenvalue weighted by Crippen LogP contribution is 2.17. The molecule has 1 aliphatic carbocycles. The third-order valence-electron chi connectivity index (χ3n) is 1.59. The zero-order chi connectivity index (χ0) is 8.97. The van der Waals surface area contributed by atoms with Crippen molar-refractivity contribution in [1.29, 1.82) is 0 Å². The van der Waals surface area contributed by atoms with Gasteiger partial charge in [0.25, 0.3) is 0 Å². The van der Waals surface area contributed by atoms with Gasteiger partial charge < -0.3 is 16.4 Å². The molecule has 0 aliphatic heterocycles. The molecule has 1 aliphatic rings. The second kappa shape index (κ2) is 4.06. The van der Waals surface area contributed by atoms with Crippen molar-refractivity contribution in [2.24, 2.45) is 5.73 Å². The number of hydrogen-bond acceptors (Lipinski definition) is 3. The van der Waals surface area contributed by atoms with Crippen LogP contribution in [0.25, 0.3) is 0 Å². The van der Waals surface area contributed by atoms with E-state index < -0.39 is 5.91 Å². The van der Waals surface area contributed by atoms with E-state index >= 15 is 0 Å². The molecular formula is C7H13N3O2. The molecule has 0 aromatic rings. The van der Waals surface area contributed by atoms with E-state index in [0.29, 0.717) is 6.04 Å². The van der Waals surface area contributed by atoms with Gasteiger partial charge in [-0.15, -0.1) is 0 Å². The van der Waals surface area contributed by atoms with Crippen molar-refractivity contribution < 1.29 is 9.59 Å². The van der Waals surface area contributed by atoms with Gasteiger partial charge in [-0.05, 0) is 12.8 Å². The Morgan fingerprint density at radius 3 is 2.50 bits per heavy atom. The molecule has 5 heteroatoms. The second-order valence-corrected chi connectivity index (χ2v) is 2.90.